The van der Waals surface area contributed by atoms with E-state index in [1.54, 1.807) is 13.8 Å². The summed E-state index contributed by atoms with van der Waals surface area (Å²) in [4.78, 5) is 23.3. The van der Waals surface area contributed by atoms with Gasteiger partial charge in [0, 0.05) is 24.1 Å². The Morgan fingerprint density at radius 3 is 2.45 bits per heavy atom. The molecule has 0 aromatic carbocycles. The van der Waals surface area contributed by atoms with Crippen molar-refractivity contribution in [2.24, 2.45) is 11.1 Å². The average molecular weight is 334 g/mol. The number of unbranched alkanes of at least 4 members (excludes halogenated alkanes) is 3. The fraction of sp³-hybridized carbons (Fsp3) is 0.867. The highest BCUT2D eigenvalue weighted by Crippen LogP contribution is 2.19. The number of hydrogen-bond acceptors (Lipinski definition) is 6. The maximum atomic E-state index is 11.7. The molecular weight excluding hydrogens is 304 g/mol. The molecule has 0 saturated carbocycles. The zero-order valence-electron chi connectivity index (χ0n) is 13.6. The first kappa shape index (κ1) is 21.4. The van der Waals surface area contributed by atoms with Gasteiger partial charge >= 0.3 is 0 Å². The number of rotatable bonds is 12. The van der Waals surface area contributed by atoms with Gasteiger partial charge in [0.15, 0.2) is 5.12 Å². The van der Waals surface area contributed by atoms with Crippen molar-refractivity contribution in [2.45, 2.75) is 52.1 Å². The smallest absolute Gasteiger partial charge is 0.249 e. The molecule has 1 atom stereocenters. The van der Waals surface area contributed by atoms with Crippen molar-refractivity contribution >= 4 is 22.8 Å². The normalized spacial score (nSPS) is 13.0. The molecule has 0 aromatic heterocycles. The van der Waals surface area contributed by atoms with Crippen LogP contribution < -0.4 is 11.1 Å². The minimum absolute atomic E-state index is 0.0371. The molecule has 1 amide bonds. The van der Waals surface area contributed by atoms with Gasteiger partial charge in [-0.3, -0.25) is 9.59 Å². The summed E-state index contributed by atoms with van der Waals surface area (Å²) in [6, 6.07) is 0. The van der Waals surface area contributed by atoms with Crippen molar-refractivity contribution < 1.29 is 19.8 Å². The summed E-state index contributed by atoms with van der Waals surface area (Å²) in [5, 5.41) is 21.4. The van der Waals surface area contributed by atoms with Crippen LogP contribution in [0.4, 0.5) is 0 Å². The first-order valence-electron chi connectivity index (χ1n) is 7.77. The lowest BCUT2D eigenvalue weighted by molar-refractivity contribution is -0.137. The lowest BCUT2D eigenvalue weighted by Gasteiger charge is -2.27. The lowest BCUT2D eigenvalue weighted by Crippen LogP contribution is -2.45. The minimum Gasteiger partial charge on any atom is -0.396 e. The highest BCUT2D eigenvalue weighted by Gasteiger charge is 2.32. The van der Waals surface area contributed by atoms with Gasteiger partial charge in [-0.25, -0.2) is 0 Å². The van der Waals surface area contributed by atoms with Crippen LogP contribution in [-0.4, -0.2) is 52.8 Å². The van der Waals surface area contributed by atoms with Crippen LogP contribution in [0, 0.1) is 5.41 Å². The average Bonchev–Trinajstić information content (AvgIpc) is 2.49. The molecule has 22 heavy (non-hydrogen) atoms. The van der Waals surface area contributed by atoms with Crippen molar-refractivity contribution in [1.29, 1.82) is 0 Å². The van der Waals surface area contributed by atoms with Gasteiger partial charge in [-0.05, 0) is 19.4 Å². The summed E-state index contributed by atoms with van der Waals surface area (Å²) in [7, 11) is 0. The van der Waals surface area contributed by atoms with Gasteiger partial charge < -0.3 is 21.3 Å². The van der Waals surface area contributed by atoms with Gasteiger partial charge in [-0.15, -0.1) is 0 Å². The molecule has 0 fully saturated rings. The lowest BCUT2D eigenvalue weighted by atomic mass is 9.87. The van der Waals surface area contributed by atoms with Crippen LogP contribution >= 0.6 is 11.8 Å². The summed E-state index contributed by atoms with van der Waals surface area (Å²) in [5.74, 6) is 0.232. The van der Waals surface area contributed by atoms with Crippen molar-refractivity contribution in [3.05, 3.63) is 0 Å². The maximum absolute atomic E-state index is 11.7. The number of nitrogens with two attached hydrogens (primary N) is 1. The molecular formula is C15H30N2O4S. The van der Waals surface area contributed by atoms with E-state index in [-0.39, 0.29) is 24.7 Å². The molecule has 7 heteroatoms. The van der Waals surface area contributed by atoms with Crippen LogP contribution in [0.2, 0.25) is 0 Å². The van der Waals surface area contributed by atoms with Gasteiger partial charge in [-0.2, -0.15) is 0 Å². The third-order valence-corrected chi connectivity index (χ3v) is 4.40. The highest BCUT2D eigenvalue weighted by atomic mass is 32.2. The van der Waals surface area contributed by atoms with Crippen molar-refractivity contribution in [3.8, 4) is 0 Å². The molecule has 6 nitrogen and oxygen atoms in total. The third kappa shape index (κ3) is 9.40. The number of aliphatic hydroxyl groups is 2. The molecule has 0 spiro atoms. The molecule has 0 aliphatic carbocycles. The fourth-order valence-corrected chi connectivity index (χ4v) is 2.51. The topological polar surface area (TPSA) is 113 Å². The second-order valence-electron chi connectivity index (χ2n) is 6.01. The molecule has 130 valence electrons. The van der Waals surface area contributed by atoms with E-state index in [0.29, 0.717) is 6.54 Å². The van der Waals surface area contributed by atoms with Crippen LogP contribution in [0.1, 0.15) is 46.0 Å². The van der Waals surface area contributed by atoms with Crippen molar-refractivity contribution in [1.82, 2.24) is 5.32 Å². The quantitative estimate of drug-likeness (QED) is 0.390. The molecule has 0 aliphatic heterocycles. The highest BCUT2D eigenvalue weighted by molar-refractivity contribution is 8.13. The van der Waals surface area contributed by atoms with E-state index in [9.17, 15) is 14.7 Å². The van der Waals surface area contributed by atoms with Gasteiger partial charge in [0.1, 0.15) is 6.10 Å². The first-order valence-corrected chi connectivity index (χ1v) is 8.76. The summed E-state index contributed by atoms with van der Waals surface area (Å²) in [6.07, 6.45) is 3.15. The van der Waals surface area contributed by atoms with Gasteiger partial charge in [0.25, 0.3) is 0 Å². The van der Waals surface area contributed by atoms with E-state index in [4.69, 9.17) is 10.8 Å². The van der Waals surface area contributed by atoms with Gasteiger partial charge in [-0.1, -0.05) is 38.5 Å². The van der Waals surface area contributed by atoms with Crippen LogP contribution in [0.15, 0.2) is 0 Å². The van der Waals surface area contributed by atoms with Crippen molar-refractivity contribution in [3.63, 3.8) is 0 Å². The zero-order chi connectivity index (χ0) is 17.0. The standard InChI is InChI=1S/C15H30N2O4S/c1-15(2,11-18)13(20)14(21)17-9-7-12(19)22-10-6-4-3-5-8-16/h13,18,20H,3-11,16H2,1-2H3,(H,17,21)/t13-/m0/s1. The number of nitrogens with one attached hydrogen (secondary N) is 1. The predicted octanol–water partition coefficient (Wildman–Crippen LogP) is 0.651. The van der Waals surface area contributed by atoms with Crippen LogP contribution in [0.5, 0.6) is 0 Å². The summed E-state index contributed by atoms with van der Waals surface area (Å²) >= 11 is 1.28. The zero-order valence-corrected chi connectivity index (χ0v) is 14.5. The fourth-order valence-electron chi connectivity index (χ4n) is 1.68. The molecule has 0 unspecified atom stereocenters. The summed E-state index contributed by atoms with van der Waals surface area (Å²) < 4.78 is 0. The number of hydrogen-bond donors (Lipinski definition) is 4. The van der Waals surface area contributed by atoms with E-state index in [1.807, 2.05) is 0 Å². The monoisotopic (exact) mass is 334 g/mol. The molecule has 0 rings (SSSR count). The summed E-state index contributed by atoms with van der Waals surface area (Å²) in [5.41, 5.74) is 4.51. The van der Waals surface area contributed by atoms with E-state index in [1.165, 1.54) is 11.8 Å². The van der Waals surface area contributed by atoms with Crippen molar-refractivity contribution in [2.75, 3.05) is 25.4 Å². The number of carbonyl (C=O) groups excluding carboxylic acids is 2. The Hall–Kier alpha value is -0.630. The van der Waals surface area contributed by atoms with Crippen LogP contribution in [0.3, 0.4) is 0 Å². The van der Waals surface area contributed by atoms with E-state index in [2.05, 4.69) is 5.32 Å². The molecule has 0 saturated heterocycles. The first-order chi connectivity index (χ1) is 10.3. The Bertz CT molecular complexity index is 338. The third-order valence-electron chi connectivity index (χ3n) is 3.39. The number of carbonyl (C=O) groups is 2. The number of aliphatic hydroxyl groups excluding tert-OH is 2. The molecule has 5 N–H and O–H groups in total. The SMILES string of the molecule is CC(C)(CO)[C@@H](O)C(=O)NCCC(=O)SCCCCCCN. The minimum atomic E-state index is -1.29. The van der Waals surface area contributed by atoms with Crippen LogP contribution in [-0.2, 0) is 9.59 Å². The Labute approximate surface area is 137 Å². The Balaban J connectivity index is 3.73. The summed E-state index contributed by atoms with van der Waals surface area (Å²) in [6.45, 7) is 3.83. The maximum Gasteiger partial charge on any atom is 0.249 e. The molecule has 0 heterocycles. The van der Waals surface area contributed by atoms with Crippen LogP contribution in [0.25, 0.3) is 0 Å². The second-order valence-corrected chi connectivity index (χ2v) is 7.17. The largest absolute Gasteiger partial charge is 0.396 e. The Morgan fingerprint density at radius 2 is 1.86 bits per heavy atom. The molecule has 0 aromatic rings. The molecule has 0 bridgehead atoms. The second kappa shape index (κ2) is 11.9. The van der Waals surface area contributed by atoms with Gasteiger partial charge in [0.2, 0.25) is 5.91 Å². The molecule has 0 aliphatic rings. The number of amides is 1. The van der Waals surface area contributed by atoms with E-state index < -0.39 is 17.4 Å². The predicted molar refractivity (Wildman–Crippen MR) is 89.5 cm³/mol. The van der Waals surface area contributed by atoms with E-state index in [0.717, 1.165) is 31.4 Å². The van der Waals surface area contributed by atoms with Gasteiger partial charge in [0.05, 0.1) is 6.61 Å². The number of thioether (sulfide) groups is 1. The van der Waals surface area contributed by atoms with E-state index >= 15 is 0 Å². The Morgan fingerprint density at radius 1 is 1.23 bits per heavy atom. The molecule has 0 radical (unpaired) electrons. The Kier molecular flexibility index (Phi) is 11.5.